The third-order valence-electron chi connectivity index (χ3n) is 0.333. The summed E-state index contributed by atoms with van der Waals surface area (Å²) < 4.78 is 0. The van der Waals surface area contributed by atoms with Crippen molar-refractivity contribution < 1.29 is 19.8 Å². The minimum absolute atomic E-state index is 0. The third kappa shape index (κ3) is 5.90. The molecule has 0 aromatic carbocycles. The van der Waals surface area contributed by atoms with Gasteiger partial charge in [0.2, 0.25) is 0 Å². The van der Waals surface area contributed by atoms with Crippen molar-refractivity contribution in [3.05, 3.63) is 0 Å². The van der Waals surface area contributed by atoms with E-state index < -0.39 is 0 Å². The second-order valence-electron chi connectivity index (χ2n) is 0.759. The van der Waals surface area contributed by atoms with Gasteiger partial charge in [-0.1, -0.05) is 0 Å². The molecule has 41 valence electrons. The highest BCUT2D eigenvalue weighted by Gasteiger charge is 1.95. The first-order valence-electron chi connectivity index (χ1n) is 1.76. The summed E-state index contributed by atoms with van der Waals surface area (Å²) in [4.78, 5) is 8.44. The lowest BCUT2D eigenvalue weighted by Crippen LogP contribution is -2.14. The molecule has 0 atom stereocenters. The second kappa shape index (κ2) is 5.90. The van der Waals surface area contributed by atoms with Crippen molar-refractivity contribution in [2.45, 2.75) is 0 Å². The summed E-state index contributed by atoms with van der Waals surface area (Å²) in [7, 11) is 0. The van der Waals surface area contributed by atoms with Crippen LogP contribution in [0.5, 0.6) is 0 Å². The SMILES string of the molecule is C1COO1.O[B]O. The molecule has 7 heavy (non-hydrogen) atoms. The van der Waals surface area contributed by atoms with Crippen molar-refractivity contribution in [2.24, 2.45) is 0 Å². The van der Waals surface area contributed by atoms with E-state index in [-0.39, 0.29) is 7.69 Å². The van der Waals surface area contributed by atoms with Gasteiger partial charge >= 0.3 is 7.69 Å². The molecule has 0 saturated carbocycles. The maximum atomic E-state index is 7.00. The van der Waals surface area contributed by atoms with Gasteiger partial charge in [-0.2, -0.15) is 0 Å². The fraction of sp³-hybridized carbons (Fsp3) is 1.00. The van der Waals surface area contributed by atoms with Gasteiger partial charge in [-0.05, 0) is 0 Å². The van der Waals surface area contributed by atoms with E-state index in [2.05, 4.69) is 9.78 Å². The topological polar surface area (TPSA) is 58.9 Å². The Kier molecular flexibility index (Phi) is 5.82. The highest BCUT2D eigenvalue weighted by atomic mass is 17.2. The lowest BCUT2D eigenvalue weighted by molar-refractivity contribution is -0.382. The minimum Gasteiger partial charge on any atom is -0.429 e. The molecular formula is C2H6BO4. The van der Waals surface area contributed by atoms with E-state index in [9.17, 15) is 0 Å². The Morgan fingerprint density at radius 3 is 1.29 bits per heavy atom. The predicted octanol–water partition coefficient (Wildman–Crippen LogP) is -1.55. The van der Waals surface area contributed by atoms with Crippen LogP contribution in [0.25, 0.3) is 0 Å². The molecule has 0 unspecified atom stereocenters. The summed E-state index contributed by atoms with van der Waals surface area (Å²) in [6.45, 7) is 1.56. The summed E-state index contributed by atoms with van der Waals surface area (Å²) in [6.07, 6.45) is 0. The average molecular weight is 105 g/mol. The Labute approximate surface area is 41.9 Å². The zero-order valence-corrected chi connectivity index (χ0v) is 3.70. The summed E-state index contributed by atoms with van der Waals surface area (Å²) >= 11 is 0. The van der Waals surface area contributed by atoms with Gasteiger partial charge in [0, 0.05) is 0 Å². The van der Waals surface area contributed by atoms with Gasteiger partial charge in [-0.25, -0.2) is 9.78 Å². The first-order valence-corrected chi connectivity index (χ1v) is 1.76. The molecule has 1 rings (SSSR count). The van der Waals surface area contributed by atoms with Crippen LogP contribution >= 0.6 is 0 Å². The van der Waals surface area contributed by atoms with Gasteiger partial charge in [-0.3, -0.25) is 0 Å². The van der Waals surface area contributed by atoms with Crippen molar-refractivity contribution in [1.82, 2.24) is 0 Å². The number of hydrogen-bond donors (Lipinski definition) is 2. The van der Waals surface area contributed by atoms with E-state index in [1.54, 1.807) is 0 Å². The molecule has 4 nitrogen and oxygen atoms in total. The van der Waals surface area contributed by atoms with Gasteiger partial charge in [0.25, 0.3) is 0 Å². The van der Waals surface area contributed by atoms with Crippen LogP contribution in [0.3, 0.4) is 0 Å². The quantitative estimate of drug-likeness (QED) is 0.289. The first kappa shape index (κ1) is 6.90. The molecule has 0 aliphatic carbocycles. The van der Waals surface area contributed by atoms with Crippen molar-refractivity contribution in [2.75, 3.05) is 13.2 Å². The van der Waals surface area contributed by atoms with Crippen LogP contribution in [-0.2, 0) is 9.78 Å². The zero-order chi connectivity index (χ0) is 5.54. The highest BCUT2D eigenvalue weighted by Crippen LogP contribution is 1.87. The lowest BCUT2D eigenvalue weighted by atomic mass is 10.5. The molecule has 0 bridgehead atoms. The summed E-state index contributed by atoms with van der Waals surface area (Å²) in [5.74, 6) is 0. The summed E-state index contributed by atoms with van der Waals surface area (Å²) in [5.41, 5.74) is 0. The number of hydrogen-bond acceptors (Lipinski definition) is 4. The summed E-state index contributed by atoms with van der Waals surface area (Å²) in [6, 6.07) is 0. The molecule has 0 amide bonds. The Morgan fingerprint density at radius 2 is 1.29 bits per heavy atom. The van der Waals surface area contributed by atoms with Gasteiger partial charge in [0.1, 0.15) is 13.2 Å². The molecule has 0 aromatic rings. The van der Waals surface area contributed by atoms with Crippen LogP contribution < -0.4 is 0 Å². The largest absolute Gasteiger partial charge is 0.482 e. The van der Waals surface area contributed by atoms with Gasteiger partial charge in [0.15, 0.2) is 0 Å². The molecule has 1 aliphatic heterocycles. The monoisotopic (exact) mass is 105 g/mol. The van der Waals surface area contributed by atoms with E-state index in [4.69, 9.17) is 10.0 Å². The molecule has 1 radical (unpaired) electrons. The Bertz CT molecular complexity index is 24.9. The molecule has 0 aromatic heterocycles. The molecular weight excluding hydrogens is 98.8 g/mol. The van der Waals surface area contributed by atoms with Crippen molar-refractivity contribution >= 4 is 7.69 Å². The van der Waals surface area contributed by atoms with Crippen LogP contribution in [0.1, 0.15) is 0 Å². The molecule has 5 heteroatoms. The van der Waals surface area contributed by atoms with Crippen LogP contribution in [0.4, 0.5) is 0 Å². The summed E-state index contributed by atoms with van der Waals surface area (Å²) in [5, 5.41) is 14.0. The standard InChI is InChI=1S/C2H4O2.BH2O2/c1-2-4-3-1;2-1-3/h1-2H2;2-3H. The molecule has 0 spiro atoms. The molecule has 1 heterocycles. The Morgan fingerprint density at radius 1 is 1.14 bits per heavy atom. The van der Waals surface area contributed by atoms with Crippen molar-refractivity contribution in [3.63, 3.8) is 0 Å². The van der Waals surface area contributed by atoms with Crippen LogP contribution in [0, 0.1) is 0 Å². The smallest absolute Gasteiger partial charge is 0.429 e. The molecule has 1 aliphatic rings. The molecule has 1 saturated heterocycles. The third-order valence-corrected chi connectivity index (χ3v) is 0.333. The number of rotatable bonds is 0. The van der Waals surface area contributed by atoms with Crippen LogP contribution in [0.2, 0.25) is 0 Å². The van der Waals surface area contributed by atoms with E-state index in [1.807, 2.05) is 0 Å². The minimum atomic E-state index is 0. The van der Waals surface area contributed by atoms with Gasteiger partial charge in [-0.15, -0.1) is 0 Å². The maximum Gasteiger partial charge on any atom is 0.482 e. The lowest BCUT2D eigenvalue weighted by Gasteiger charge is -2.08. The zero-order valence-electron chi connectivity index (χ0n) is 3.70. The fourth-order valence-electron chi connectivity index (χ4n) is 0.0833. The fourth-order valence-corrected chi connectivity index (χ4v) is 0.0833. The van der Waals surface area contributed by atoms with Crippen LogP contribution in [-0.4, -0.2) is 30.9 Å². The normalized spacial score (nSPS) is 15.7. The Balaban J connectivity index is 0.000000110. The van der Waals surface area contributed by atoms with E-state index >= 15 is 0 Å². The van der Waals surface area contributed by atoms with Gasteiger partial charge in [0.05, 0.1) is 0 Å². The van der Waals surface area contributed by atoms with Crippen molar-refractivity contribution in [1.29, 1.82) is 0 Å². The average Bonchev–Trinajstić information content (AvgIpc) is 1.27. The van der Waals surface area contributed by atoms with E-state index in [0.29, 0.717) is 0 Å². The van der Waals surface area contributed by atoms with E-state index in [1.165, 1.54) is 0 Å². The predicted molar refractivity (Wildman–Crippen MR) is 22.1 cm³/mol. The van der Waals surface area contributed by atoms with Gasteiger partial charge < -0.3 is 10.0 Å². The second-order valence-corrected chi connectivity index (χ2v) is 0.759. The Hall–Kier alpha value is -0.0951. The van der Waals surface area contributed by atoms with Crippen LogP contribution in [0.15, 0.2) is 0 Å². The van der Waals surface area contributed by atoms with Crippen molar-refractivity contribution in [3.8, 4) is 0 Å². The van der Waals surface area contributed by atoms with E-state index in [0.717, 1.165) is 13.2 Å². The highest BCUT2D eigenvalue weighted by molar-refractivity contribution is 6.13. The first-order chi connectivity index (χ1) is 3.41. The molecule has 2 N–H and O–H groups in total. The maximum absolute atomic E-state index is 7.00. The molecule has 1 fully saturated rings.